The van der Waals surface area contributed by atoms with Crippen molar-refractivity contribution in [3.05, 3.63) is 54.6 Å². The maximum atomic E-state index is 12.5. The Morgan fingerprint density at radius 1 is 1.00 bits per heavy atom. The Morgan fingerprint density at radius 3 is 2.33 bits per heavy atom. The minimum absolute atomic E-state index is 0.274. The summed E-state index contributed by atoms with van der Waals surface area (Å²) >= 11 is 0. The van der Waals surface area contributed by atoms with Gasteiger partial charge in [-0.25, -0.2) is 0 Å². The van der Waals surface area contributed by atoms with Crippen LogP contribution in [-0.4, -0.2) is 13.5 Å². The van der Waals surface area contributed by atoms with Crippen LogP contribution in [-0.2, 0) is 0 Å². The second-order valence-corrected chi connectivity index (χ2v) is 4.21. The molecule has 0 N–H and O–H groups in total. The molecule has 0 aliphatic carbocycles. The SMILES string of the molecule is C=Cc1ccc(OC)c(-c2ccccc2OC(F)(F)F)c1. The van der Waals surface area contributed by atoms with Crippen molar-refractivity contribution < 1.29 is 22.6 Å². The minimum Gasteiger partial charge on any atom is -0.496 e. The van der Waals surface area contributed by atoms with Crippen molar-refractivity contribution in [3.8, 4) is 22.6 Å². The summed E-state index contributed by atoms with van der Waals surface area (Å²) in [5, 5.41) is 0. The predicted octanol–water partition coefficient (Wildman–Crippen LogP) is 4.90. The average molecular weight is 294 g/mol. The van der Waals surface area contributed by atoms with Gasteiger partial charge in [-0.15, -0.1) is 13.2 Å². The molecule has 21 heavy (non-hydrogen) atoms. The van der Waals surface area contributed by atoms with Gasteiger partial charge in [-0.2, -0.15) is 0 Å². The zero-order valence-electron chi connectivity index (χ0n) is 11.3. The van der Waals surface area contributed by atoms with E-state index < -0.39 is 6.36 Å². The Hall–Kier alpha value is -2.43. The van der Waals surface area contributed by atoms with Crippen molar-refractivity contribution >= 4 is 6.08 Å². The summed E-state index contributed by atoms with van der Waals surface area (Å²) in [5.41, 5.74) is 1.58. The molecule has 2 aromatic rings. The average Bonchev–Trinajstić information content (AvgIpc) is 2.45. The molecule has 0 unspecified atom stereocenters. The van der Waals surface area contributed by atoms with E-state index in [1.54, 1.807) is 36.4 Å². The smallest absolute Gasteiger partial charge is 0.496 e. The summed E-state index contributed by atoms with van der Waals surface area (Å²) in [7, 11) is 1.46. The highest BCUT2D eigenvalue weighted by molar-refractivity contribution is 5.78. The van der Waals surface area contributed by atoms with E-state index >= 15 is 0 Å². The van der Waals surface area contributed by atoms with Gasteiger partial charge in [-0.1, -0.05) is 36.9 Å². The molecule has 0 heterocycles. The molecule has 5 heteroatoms. The number of hydrogen-bond acceptors (Lipinski definition) is 2. The van der Waals surface area contributed by atoms with Gasteiger partial charge in [-0.05, 0) is 23.8 Å². The third-order valence-electron chi connectivity index (χ3n) is 2.86. The largest absolute Gasteiger partial charge is 0.573 e. The van der Waals surface area contributed by atoms with Crippen LogP contribution in [0.4, 0.5) is 13.2 Å². The lowest BCUT2D eigenvalue weighted by Gasteiger charge is -2.15. The number of ether oxygens (including phenoxy) is 2. The number of hydrogen-bond donors (Lipinski definition) is 0. The highest BCUT2D eigenvalue weighted by Gasteiger charge is 2.32. The van der Waals surface area contributed by atoms with E-state index in [2.05, 4.69) is 11.3 Å². The van der Waals surface area contributed by atoms with Crippen LogP contribution in [0, 0.1) is 0 Å². The summed E-state index contributed by atoms with van der Waals surface area (Å²) in [6, 6.07) is 11.1. The van der Waals surface area contributed by atoms with E-state index in [0.717, 1.165) is 5.56 Å². The van der Waals surface area contributed by atoms with Gasteiger partial charge in [-0.3, -0.25) is 0 Å². The van der Waals surface area contributed by atoms with Crippen molar-refractivity contribution in [2.75, 3.05) is 7.11 Å². The van der Waals surface area contributed by atoms with Gasteiger partial charge in [0.1, 0.15) is 11.5 Å². The maximum absolute atomic E-state index is 12.5. The third kappa shape index (κ3) is 3.56. The zero-order chi connectivity index (χ0) is 15.5. The first-order chi connectivity index (χ1) is 9.94. The Morgan fingerprint density at radius 2 is 1.71 bits per heavy atom. The van der Waals surface area contributed by atoms with E-state index in [-0.39, 0.29) is 5.75 Å². The molecule has 0 aliphatic rings. The van der Waals surface area contributed by atoms with Gasteiger partial charge in [0.15, 0.2) is 0 Å². The highest BCUT2D eigenvalue weighted by atomic mass is 19.4. The van der Waals surface area contributed by atoms with Crippen molar-refractivity contribution in [1.29, 1.82) is 0 Å². The quantitative estimate of drug-likeness (QED) is 0.798. The second-order valence-electron chi connectivity index (χ2n) is 4.21. The molecule has 2 aromatic carbocycles. The van der Waals surface area contributed by atoms with E-state index in [1.807, 2.05) is 0 Å². The summed E-state index contributed by atoms with van der Waals surface area (Å²) < 4.78 is 46.8. The fourth-order valence-corrected chi connectivity index (χ4v) is 1.97. The monoisotopic (exact) mass is 294 g/mol. The van der Waals surface area contributed by atoms with Crippen LogP contribution in [0.5, 0.6) is 11.5 Å². The number of halogens is 3. The lowest BCUT2D eigenvalue weighted by Crippen LogP contribution is -2.17. The van der Waals surface area contributed by atoms with Crippen molar-refractivity contribution in [2.24, 2.45) is 0 Å². The molecule has 2 rings (SSSR count). The number of benzene rings is 2. The molecule has 0 fully saturated rings. The molecule has 110 valence electrons. The molecular formula is C16H13F3O2. The summed E-state index contributed by atoms with van der Waals surface area (Å²) in [6.45, 7) is 3.65. The molecular weight excluding hydrogens is 281 g/mol. The molecule has 0 saturated carbocycles. The lowest BCUT2D eigenvalue weighted by atomic mass is 10.0. The number of methoxy groups -OCH3 is 1. The van der Waals surface area contributed by atoms with Crippen LogP contribution in [0.2, 0.25) is 0 Å². The molecule has 0 spiro atoms. The van der Waals surface area contributed by atoms with Crippen molar-refractivity contribution in [1.82, 2.24) is 0 Å². The molecule has 0 saturated heterocycles. The maximum Gasteiger partial charge on any atom is 0.573 e. The normalized spacial score (nSPS) is 11.0. The molecule has 0 amide bonds. The van der Waals surface area contributed by atoms with Crippen LogP contribution in [0.15, 0.2) is 49.0 Å². The lowest BCUT2D eigenvalue weighted by molar-refractivity contribution is -0.274. The van der Waals surface area contributed by atoms with Gasteiger partial charge in [0.2, 0.25) is 0 Å². The standard InChI is InChI=1S/C16H13F3O2/c1-3-11-8-9-14(20-2)13(10-11)12-6-4-5-7-15(12)21-16(17,18)19/h3-10H,1H2,2H3. The molecule has 0 aliphatic heterocycles. The number of para-hydroxylation sites is 1. The molecule has 0 atom stereocenters. The fraction of sp³-hybridized carbons (Fsp3) is 0.125. The van der Waals surface area contributed by atoms with E-state index in [1.165, 1.54) is 19.2 Å². The van der Waals surface area contributed by atoms with Crippen molar-refractivity contribution in [2.45, 2.75) is 6.36 Å². The van der Waals surface area contributed by atoms with Gasteiger partial charge < -0.3 is 9.47 Å². The fourth-order valence-electron chi connectivity index (χ4n) is 1.97. The summed E-state index contributed by atoms with van der Waals surface area (Å²) in [6.07, 6.45) is -3.14. The Labute approximate surface area is 120 Å². The first-order valence-electron chi connectivity index (χ1n) is 6.10. The van der Waals surface area contributed by atoms with Crippen LogP contribution >= 0.6 is 0 Å². The predicted molar refractivity (Wildman–Crippen MR) is 75.2 cm³/mol. The number of alkyl halides is 3. The van der Waals surface area contributed by atoms with Crippen LogP contribution < -0.4 is 9.47 Å². The van der Waals surface area contributed by atoms with Crippen LogP contribution in [0.25, 0.3) is 17.2 Å². The van der Waals surface area contributed by atoms with Gasteiger partial charge >= 0.3 is 6.36 Å². The highest BCUT2D eigenvalue weighted by Crippen LogP contribution is 2.39. The zero-order valence-corrected chi connectivity index (χ0v) is 11.3. The van der Waals surface area contributed by atoms with E-state index in [9.17, 15) is 13.2 Å². The van der Waals surface area contributed by atoms with Gasteiger partial charge in [0.25, 0.3) is 0 Å². The summed E-state index contributed by atoms with van der Waals surface area (Å²) in [5.74, 6) is 0.184. The van der Waals surface area contributed by atoms with Crippen LogP contribution in [0.3, 0.4) is 0 Å². The minimum atomic E-state index is -4.75. The molecule has 0 bridgehead atoms. The summed E-state index contributed by atoms with van der Waals surface area (Å²) in [4.78, 5) is 0. The topological polar surface area (TPSA) is 18.5 Å². The molecule has 0 radical (unpaired) electrons. The molecule has 0 aromatic heterocycles. The number of rotatable bonds is 4. The first-order valence-corrected chi connectivity index (χ1v) is 6.10. The van der Waals surface area contributed by atoms with Crippen LogP contribution in [0.1, 0.15) is 5.56 Å². The van der Waals surface area contributed by atoms with E-state index in [0.29, 0.717) is 16.9 Å². The van der Waals surface area contributed by atoms with Crippen molar-refractivity contribution in [3.63, 3.8) is 0 Å². The van der Waals surface area contributed by atoms with Gasteiger partial charge in [0, 0.05) is 11.1 Å². The molecule has 2 nitrogen and oxygen atoms in total. The third-order valence-corrected chi connectivity index (χ3v) is 2.86. The Bertz CT molecular complexity index is 648. The van der Waals surface area contributed by atoms with Gasteiger partial charge in [0.05, 0.1) is 7.11 Å². The second kappa shape index (κ2) is 5.91. The first kappa shape index (κ1) is 15.0. The Balaban J connectivity index is 2.58. The van der Waals surface area contributed by atoms with E-state index in [4.69, 9.17) is 4.74 Å². The Kier molecular flexibility index (Phi) is 4.21.